The summed E-state index contributed by atoms with van der Waals surface area (Å²) in [5.74, 6) is -2.37. The van der Waals surface area contributed by atoms with Crippen molar-refractivity contribution >= 4 is 11.9 Å². The van der Waals surface area contributed by atoms with Gasteiger partial charge in [-0.3, -0.25) is 9.78 Å². The number of carbonyl (C=O) groups excluding carboxylic acids is 1. The Balaban J connectivity index is 2.62. The Kier molecular flexibility index (Phi) is 3.17. The van der Waals surface area contributed by atoms with Crippen molar-refractivity contribution < 1.29 is 14.7 Å². The summed E-state index contributed by atoms with van der Waals surface area (Å²) in [5, 5.41) is 8.42. The van der Waals surface area contributed by atoms with Crippen LogP contribution in [-0.2, 0) is 16.1 Å². The van der Waals surface area contributed by atoms with Crippen molar-refractivity contribution in [2.24, 2.45) is 0 Å². The monoisotopic (exact) mass is 194 g/mol. The van der Waals surface area contributed by atoms with E-state index in [2.05, 4.69) is 4.98 Å². The van der Waals surface area contributed by atoms with E-state index in [1.807, 2.05) is 0 Å². The fraction of sp³-hybridized carbons (Fsp3) is 0.222. The Bertz CT molecular complexity index is 337. The molecule has 0 spiro atoms. The highest BCUT2D eigenvalue weighted by atomic mass is 16.4. The smallest absolute Gasteiger partial charge is 0.394 e. The van der Waals surface area contributed by atoms with Crippen molar-refractivity contribution in [3.05, 3.63) is 30.1 Å². The maximum atomic E-state index is 11.0. The summed E-state index contributed by atoms with van der Waals surface area (Å²) >= 11 is 0. The minimum atomic E-state index is -1.45. The van der Waals surface area contributed by atoms with Crippen LogP contribution >= 0.6 is 0 Å². The van der Waals surface area contributed by atoms with E-state index in [9.17, 15) is 9.59 Å². The maximum absolute atomic E-state index is 11.0. The molecule has 0 atom stereocenters. The van der Waals surface area contributed by atoms with Crippen molar-refractivity contribution in [2.75, 3.05) is 7.05 Å². The van der Waals surface area contributed by atoms with Crippen LogP contribution in [-0.4, -0.2) is 33.9 Å². The lowest BCUT2D eigenvalue weighted by Crippen LogP contribution is -2.32. The summed E-state index contributed by atoms with van der Waals surface area (Å²) in [6, 6.07) is 3.51. The lowest BCUT2D eigenvalue weighted by atomic mass is 10.3. The molecule has 1 heterocycles. The van der Waals surface area contributed by atoms with Gasteiger partial charge in [0.05, 0.1) is 0 Å². The zero-order valence-electron chi connectivity index (χ0n) is 7.67. The predicted octanol–water partition coefficient (Wildman–Crippen LogP) is 0.125. The topological polar surface area (TPSA) is 70.5 Å². The maximum Gasteiger partial charge on any atom is 0.394 e. The molecule has 0 aliphatic rings. The molecule has 0 aliphatic carbocycles. The fourth-order valence-electron chi connectivity index (χ4n) is 1.00. The molecular formula is C9H10N2O3. The average molecular weight is 194 g/mol. The number of carboxylic acids is 1. The summed E-state index contributed by atoms with van der Waals surface area (Å²) in [4.78, 5) is 26.3. The Labute approximate surface area is 81.0 Å². The highest BCUT2D eigenvalue weighted by molar-refractivity contribution is 6.31. The zero-order valence-corrected chi connectivity index (χ0v) is 7.67. The van der Waals surface area contributed by atoms with Gasteiger partial charge in [-0.2, -0.15) is 0 Å². The van der Waals surface area contributed by atoms with Crippen LogP contribution in [0, 0.1) is 0 Å². The average Bonchev–Trinajstić information content (AvgIpc) is 2.18. The van der Waals surface area contributed by atoms with E-state index < -0.39 is 11.9 Å². The molecule has 5 nitrogen and oxygen atoms in total. The molecule has 0 aliphatic heterocycles. The van der Waals surface area contributed by atoms with Gasteiger partial charge in [0.15, 0.2) is 0 Å². The Hall–Kier alpha value is -1.91. The Morgan fingerprint density at radius 1 is 1.57 bits per heavy atom. The number of hydrogen-bond acceptors (Lipinski definition) is 3. The van der Waals surface area contributed by atoms with Crippen LogP contribution < -0.4 is 0 Å². The molecule has 14 heavy (non-hydrogen) atoms. The second-order valence-electron chi connectivity index (χ2n) is 2.83. The minimum Gasteiger partial charge on any atom is -0.474 e. The molecule has 1 aromatic rings. The SMILES string of the molecule is CN(Cc1cccnc1)C(=O)C(=O)O. The van der Waals surface area contributed by atoms with Crippen LogP contribution in [0.5, 0.6) is 0 Å². The predicted molar refractivity (Wildman–Crippen MR) is 48.3 cm³/mol. The van der Waals surface area contributed by atoms with E-state index in [1.165, 1.54) is 7.05 Å². The van der Waals surface area contributed by atoms with Crippen molar-refractivity contribution in [1.29, 1.82) is 0 Å². The van der Waals surface area contributed by atoms with Crippen LogP contribution in [0.15, 0.2) is 24.5 Å². The van der Waals surface area contributed by atoms with Gasteiger partial charge >= 0.3 is 11.9 Å². The third-order valence-corrected chi connectivity index (χ3v) is 1.67. The quantitative estimate of drug-likeness (QED) is 0.679. The van der Waals surface area contributed by atoms with E-state index in [-0.39, 0.29) is 6.54 Å². The van der Waals surface area contributed by atoms with Gasteiger partial charge in [0.1, 0.15) is 0 Å². The highest BCUT2D eigenvalue weighted by Crippen LogP contribution is 2.00. The van der Waals surface area contributed by atoms with Gasteiger partial charge in [0.25, 0.3) is 0 Å². The highest BCUT2D eigenvalue weighted by Gasteiger charge is 2.16. The van der Waals surface area contributed by atoms with Gasteiger partial charge in [-0.15, -0.1) is 0 Å². The van der Waals surface area contributed by atoms with Crippen LogP contribution in [0.2, 0.25) is 0 Å². The van der Waals surface area contributed by atoms with Crippen molar-refractivity contribution in [2.45, 2.75) is 6.54 Å². The molecule has 1 aromatic heterocycles. The number of amides is 1. The number of pyridine rings is 1. The normalized spacial score (nSPS) is 9.50. The molecule has 0 bridgehead atoms. The molecule has 1 rings (SSSR count). The lowest BCUT2D eigenvalue weighted by molar-refractivity contribution is -0.155. The minimum absolute atomic E-state index is 0.249. The molecule has 74 valence electrons. The molecule has 1 N–H and O–H groups in total. The Morgan fingerprint density at radius 3 is 2.79 bits per heavy atom. The summed E-state index contributed by atoms with van der Waals surface area (Å²) < 4.78 is 0. The van der Waals surface area contributed by atoms with Gasteiger partial charge in [-0.1, -0.05) is 6.07 Å². The number of aliphatic carboxylic acids is 1. The van der Waals surface area contributed by atoms with E-state index >= 15 is 0 Å². The second-order valence-corrected chi connectivity index (χ2v) is 2.83. The summed E-state index contributed by atoms with van der Waals surface area (Å²) in [6.45, 7) is 0.249. The van der Waals surface area contributed by atoms with E-state index in [4.69, 9.17) is 5.11 Å². The Morgan fingerprint density at radius 2 is 2.29 bits per heavy atom. The first-order valence-corrected chi connectivity index (χ1v) is 3.98. The van der Waals surface area contributed by atoms with Gasteiger partial charge < -0.3 is 10.0 Å². The second kappa shape index (κ2) is 4.36. The molecule has 1 amide bonds. The van der Waals surface area contributed by atoms with Gasteiger partial charge in [0, 0.05) is 26.0 Å². The van der Waals surface area contributed by atoms with Crippen molar-refractivity contribution in [3.8, 4) is 0 Å². The van der Waals surface area contributed by atoms with Crippen LogP contribution in [0.4, 0.5) is 0 Å². The molecule has 0 unspecified atom stereocenters. The first-order chi connectivity index (χ1) is 6.61. The molecule has 0 radical (unpaired) electrons. The molecule has 0 saturated carbocycles. The van der Waals surface area contributed by atoms with Crippen LogP contribution in [0.1, 0.15) is 5.56 Å². The largest absolute Gasteiger partial charge is 0.474 e. The molecular weight excluding hydrogens is 184 g/mol. The molecule has 5 heteroatoms. The van der Waals surface area contributed by atoms with Crippen molar-refractivity contribution in [1.82, 2.24) is 9.88 Å². The molecule has 0 fully saturated rings. The lowest BCUT2D eigenvalue weighted by Gasteiger charge is -2.13. The number of carboxylic acid groups (broad SMARTS) is 1. The van der Waals surface area contributed by atoms with Gasteiger partial charge in [-0.05, 0) is 11.6 Å². The van der Waals surface area contributed by atoms with Gasteiger partial charge in [-0.25, -0.2) is 4.79 Å². The first kappa shape index (κ1) is 10.2. The third-order valence-electron chi connectivity index (χ3n) is 1.67. The summed E-state index contributed by atoms with van der Waals surface area (Å²) in [6.07, 6.45) is 3.20. The standard InChI is InChI=1S/C9H10N2O3/c1-11(8(12)9(13)14)6-7-3-2-4-10-5-7/h2-5H,6H2,1H3,(H,13,14). The third kappa shape index (κ3) is 2.55. The molecule has 0 aromatic carbocycles. The number of likely N-dealkylation sites (N-methyl/N-ethyl adjacent to an activating group) is 1. The number of nitrogens with zero attached hydrogens (tertiary/aromatic N) is 2. The number of rotatable bonds is 2. The zero-order chi connectivity index (χ0) is 10.6. The van der Waals surface area contributed by atoms with Crippen LogP contribution in [0.3, 0.4) is 0 Å². The van der Waals surface area contributed by atoms with E-state index in [0.29, 0.717) is 0 Å². The fourth-order valence-corrected chi connectivity index (χ4v) is 1.00. The first-order valence-electron chi connectivity index (χ1n) is 3.98. The van der Waals surface area contributed by atoms with Crippen molar-refractivity contribution in [3.63, 3.8) is 0 Å². The van der Waals surface area contributed by atoms with E-state index in [1.54, 1.807) is 24.5 Å². The number of carbonyl (C=O) groups is 2. The molecule has 0 saturated heterocycles. The van der Waals surface area contributed by atoms with Crippen LogP contribution in [0.25, 0.3) is 0 Å². The summed E-state index contributed by atoms with van der Waals surface area (Å²) in [7, 11) is 1.43. The van der Waals surface area contributed by atoms with E-state index in [0.717, 1.165) is 10.5 Å². The van der Waals surface area contributed by atoms with Gasteiger partial charge in [0.2, 0.25) is 0 Å². The summed E-state index contributed by atoms with van der Waals surface area (Å²) in [5.41, 5.74) is 0.796. The number of hydrogen-bond donors (Lipinski definition) is 1. The number of aromatic nitrogens is 1.